The molecule has 0 N–H and O–H groups in total. The second-order valence-corrected chi connectivity index (χ2v) is 5.81. The second-order valence-electron chi connectivity index (χ2n) is 5.08. The van der Waals surface area contributed by atoms with Crippen LogP contribution in [-0.2, 0) is 0 Å². The summed E-state index contributed by atoms with van der Waals surface area (Å²) < 4.78 is 6.54. The fourth-order valence-electron chi connectivity index (χ4n) is 2.49. The van der Waals surface area contributed by atoms with Gasteiger partial charge in [-0.25, -0.2) is 4.98 Å². The third-order valence-electron chi connectivity index (χ3n) is 3.71. The van der Waals surface area contributed by atoms with Gasteiger partial charge in [-0.2, -0.15) is 9.47 Å². The zero-order valence-corrected chi connectivity index (χ0v) is 10.9. The Balaban J connectivity index is 1.49. The van der Waals surface area contributed by atoms with E-state index in [0.717, 1.165) is 30.5 Å². The quantitative estimate of drug-likeness (QED) is 0.848. The number of aromatic nitrogens is 4. The molecule has 6 heteroatoms. The predicted octanol–water partition coefficient (Wildman–Crippen LogP) is 2.06. The summed E-state index contributed by atoms with van der Waals surface area (Å²) in [4.78, 5) is 7.02. The third kappa shape index (κ3) is 1.80. The average molecular weight is 261 g/mol. The van der Waals surface area contributed by atoms with E-state index in [1.165, 1.54) is 12.8 Å². The highest BCUT2D eigenvalue weighted by molar-refractivity contribution is 7.09. The molecule has 0 spiro atoms. The summed E-state index contributed by atoms with van der Waals surface area (Å²) in [5.74, 6) is 1.72. The summed E-state index contributed by atoms with van der Waals surface area (Å²) in [6, 6.07) is 2.46. The van der Waals surface area contributed by atoms with Crippen molar-refractivity contribution < 1.29 is 0 Å². The molecule has 0 radical (unpaired) electrons. The molecule has 1 aliphatic heterocycles. The van der Waals surface area contributed by atoms with Crippen molar-refractivity contribution >= 4 is 16.7 Å². The smallest absolute Gasteiger partial charge is 0.205 e. The van der Waals surface area contributed by atoms with Gasteiger partial charge in [0.15, 0.2) is 0 Å². The fourth-order valence-corrected chi connectivity index (χ4v) is 3.27. The first-order chi connectivity index (χ1) is 8.90. The molecule has 1 aliphatic carbocycles. The maximum absolute atomic E-state index is 4.67. The van der Waals surface area contributed by atoms with Crippen LogP contribution in [0.4, 0.5) is 5.13 Å². The van der Waals surface area contributed by atoms with Gasteiger partial charge in [0.25, 0.3) is 0 Å². The standard InChI is InChI=1S/C12H15N5S/c1-5-13-17(6-1)10-4-7-16(8-10)12-14-11(15-18-12)9-2-3-9/h1,5-6,9-10H,2-4,7-8H2. The van der Waals surface area contributed by atoms with Crippen molar-refractivity contribution in [3.63, 3.8) is 0 Å². The first kappa shape index (κ1) is 10.5. The van der Waals surface area contributed by atoms with Crippen LogP contribution in [0.2, 0.25) is 0 Å². The van der Waals surface area contributed by atoms with Gasteiger partial charge in [0.1, 0.15) is 5.82 Å². The predicted molar refractivity (Wildman–Crippen MR) is 70.0 cm³/mol. The molecule has 3 heterocycles. The van der Waals surface area contributed by atoms with Gasteiger partial charge in [0, 0.05) is 42.9 Å². The van der Waals surface area contributed by atoms with Crippen LogP contribution in [0.1, 0.15) is 37.0 Å². The molecule has 2 aliphatic rings. The Kier molecular flexibility index (Phi) is 2.36. The molecule has 2 aromatic rings. The molecule has 1 unspecified atom stereocenters. The van der Waals surface area contributed by atoms with Crippen molar-refractivity contribution in [3.05, 3.63) is 24.3 Å². The number of rotatable bonds is 3. The molecule has 0 aromatic carbocycles. The van der Waals surface area contributed by atoms with Gasteiger partial charge in [-0.3, -0.25) is 4.68 Å². The molecular formula is C12H15N5S. The van der Waals surface area contributed by atoms with Crippen molar-refractivity contribution in [2.45, 2.75) is 31.2 Å². The SMILES string of the molecule is c1cnn(C2CCN(c3nc(C4CC4)ns3)C2)c1. The Labute approximate surface area is 110 Å². The lowest BCUT2D eigenvalue weighted by atomic mass is 10.3. The van der Waals surface area contributed by atoms with Gasteiger partial charge in [-0.15, -0.1) is 0 Å². The van der Waals surface area contributed by atoms with Crippen LogP contribution >= 0.6 is 11.5 Å². The number of hydrogen-bond acceptors (Lipinski definition) is 5. The molecule has 0 amide bonds. The van der Waals surface area contributed by atoms with Crippen molar-refractivity contribution in [2.75, 3.05) is 18.0 Å². The van der Waals surface area contributed by atoms with Gasteiger partial charge in [0.05, 0.1) is 6.04 Å². The van der Waals surface area contributed by atoms with E-state index in [2.05, 4.69) is 24.0 Å². The monoisotopic (exact) mass is 261 g/mol. The highest BCUT2D eigenvalue weighted by Crippen LogP contribution is 2.40. The van der Waals surface area contributed by atoms with Crippen LogP contribution in [0.15, 0.2) is 18.5 Å². The highest BCUT2D eigenvalue weighted by Gasteiger charge is 2.31. The minimum Gasteiger partial charge on any atom is -0.345 e. The summed E-state index contributed by atoms with van der Waals surface area (Å²) in [7, 11) is 0. The Morgan fingerprint density at radius 3 is 3.00 bits per heavy atom. The molecule has 1 atom stereocenters. The second kappa shape index (κ2) is 4.05. The van der Waals surface area contributed by atoms with E-state index in [-0.39, 0.29) is 0 Å². The molecule has 4 rings (SSSR count). The molecule has 0 bridgehead atoms. The lowest BCUT2D eigenvalue weighted by Gasteiger charge is -2.14. The molecule has 94 valence electrons. The van der Waals surface area contributed by atoms with E-state index >= 15 is 0 Å². The number of nitrogens with zero attached hydrogens (tertiary/aromatic N) is 5. The zero-order valence-electron chi connectivity index (χ0n) is 10.1. The first-order valence-corrected chi connectivity index (χ1v) is 7.25. The van der Waals surface area contributed by atoms with E-state index in [9.17, 15) is 0 Å². The molecular weight excluding hydrogens is 246 g/mol. The van der Waals surface area contributed by atoms with Crippen LogP contribution in [0, 0.1) is 0 Å². The Bertz CT molecular complexity index is 530. The zero-order chi connectivity index (χ0) is 11.9. The van der Waals surface area contributed by atoms with E-state index < -0.39 is 0 Å². The van der Waals surface area contributed by atoms with Gasteiger partial charge < -0.3 is 4.90 Å². The van der Waals surface area contributed by atoms with E-state index in [1.807, 2.05) is 18.5 Å². The summed E-state index contributed by atoms with van der Waals surface area (Å²) in [6.45, 7) is 2.06. The first-order valence-electron chi connectivity index (χ1n) is 6.48. The Morgan fingerprint density at radius 2 is 2.22 bits per heavy atom. The molecule has 1 saturated heterocycles. The number of anilines is 1. The molecule has 1 saturated carbocycles. The Morgan fingerprint density at radius 1 is 1.28 bits per heavy atom. The van der Waals surface area contributed by atoms with Crippen LogP contribution in [0.5, 0.6) is 0 Å². The average Bonchev–Trinajstić information content (AvgIpc) is 2.91. The van der Waals surface area contributed by atoms with Crippen molar-refractivity contribution in [2.24, 2.45) is 0 Å². The van der Waals surface area contributed by atoms with Crippen molar-refractivity contribution in [3.8, 4) is 0 Å². The number of hydrogen-bond donors (Lipinski definition) is 0. The summed E-state index contributed by atoms with van der Waals surface area (Å²) in [6.07, 6.45) is 7.57. The molecule has 5 nitrogen and oxygen atoms in total. The maximum atomic E-state index is 4.67. The largest absolute Gasteiger partial charge is 0.345 e. The van der Waals surface area contributed by atoms with Gasteiger partial charge in [-0.05, 0) is 25.3 Å². The molecule has 2 fully saturated rings. The summed E-state index contributed by atoms with van der Waals surface area (Å²) >= 11 is 1.55. The Hall–Kier alpha value is -1.43. The summed E-state index contributed by atoms with van der Waals surface area (Å²) in [5.41, 5.74) is 0. The third-order valence-corrected chi connectivity index (χ3v) is 4.50. The van der Waals surface area contributed by atoms with Gasteiger partial charge >= 0.3 is 0 Å². The lowest BCUT2D eigenvalue weighted by molar-refractivity contribution is 0.495. The lowest BCUT2D eigenvalue weighted by Crippen LogP contribution is -2.20. The van der Waals surface area contributed by atoms with E-state index in [4.69, 9.17) is 0 Å². The van der Waals surface area contributed by atoms with Crippen LogP contribution in [0.25, 0.3) is 0 Å². The van der Waals surface area contributed by atoms with Crippen molar-refractivity contribution in [1.29, 1.82) is 0 Å². The highest BCUT2D eigenvalue weighted by atomic mass is 32.1. The maximum Gasteiger partial charge on any atom is 0.205 e. The van der Waals surface area contributed by atoms with Crippen LogP contribution in [0.3, 0.4) is 0 Å². The van der Waals surface area contributed by atoms with Crippen LogP contribution < -0.4 is 4.90 Å². The van der Waals surface area contributed by atoms with Crippen LogP contribution in [-0.4, -0.2) is 32.2 Å². The minimum absolute atomic E-state index is 0.480. The molecule has 18 heavy (non-hydrogen) atoms. The normalized spacial score (nSPS) is 23.8. The topological polar surface area (TPSA) is 46.8 Å². The van der Waals surface area contributed by atoms with Gasteiger partial charge in [0.2, 0.25) is 5.13 Å². The van der Waals surface area contributed by atoms with Crippen molar-refractivity contribution in [1.82, 2.24) is 19.1 Å². The van der Waals surface area contributed by atoms with Gasteiger partial charge in [-0.1, -0.05) is 0 Å². The van der Waals surface area contributed by atoms with E-state index in [0.29, 0.717) is 12.0 Å². The fraction of sp³-hybridized carbons (Fsp3) is 0.583. The van der Waals surface area contributed by atoms with E-state index in [1.54, 1.807) is 11.5 Å². The molecule has 2 aromatic heterocycles. The minimum atomic E-state index is 0.480. The summed E-state index contributed by atoms with van der Waals surface area (Å²) in [5, 5.41) is 5.42.